The van der Waals surface area contributed by atoms with E-state index in [4.69, 9.17) is 10.1 Å². The van der Waals surface area contributed by atoms with Gasteiger partial charge < -0.3 is 20.8 Å². The number of hydrogen-bond donors (Lipinski definition) is 3. The fourth-order valence-corrected chi connectivity index (χ4v) is 5.82. The number of aromatic nitrogens is 2. The van der Waals surface area contributed by atoms with Gasteiger partial charge in [0.2, 0.25) is 5.88 Å². The quantitative estimate of drug-likeness (QED) is 0.295. The fraction of sp³-hybridized carbons (Fsp3) is 0.222. The zero-order valence-corrected chi connectivity index (χ0v) is 20.9. The molecule has 186 valence electrons. The van der Waals surface area contributed by atoms with Crippen molar-refractivity contribution in [3.05, 3.63) is 65.3 Å². The smallest absolute Gasteiger partial charge is 0.331 e. The molecule has 1 fully saturated rings. The molecule has 1 aliphatic heterocycles. The van der Waals surface area contributed by atoms with Crippen LogP contribution in [0.5, 0.6) is 11.6 Å². The number of urea groups is 1. The third kappa shape index (κ3) is 4.19. The lowest BCUT2D eigenvalue weighted by Gasteiger charge is -2.29. The van der Waals surface area contributed by atoms with Gasteiger partial charge >= 0.3 is 6.03 Å². The summed E-state index contributed by atoms with van der Waals surface area (Å²) in [6.07, 6.45) is 6.66. The minimum Gasteiger partial charge on any atom is -0.439 e. The van der Waals surface area contributed by atoms with Crippen molar-refractivity contribution in [1.82, 2.24) is 15.3 Å². The highest BCUT2D eigenvalue weighted by atomic mass is 32.1. The number of ether oxygens (including phenoxy) is 1. The van der Waals surface area contributed by atoms with Crippen LogP contribution < -0.4 is 20.3 Å². The van der Waals surface area contributed by atoms with Gasteiger partial charge in [-0.15, -0.1) is 11.3 Å². The van der Waals surface area contributed by atoms with E-state index in [1.807, 2.05) is 37.3 Å². The molecule has 0 spiro atoms. The van der Waals surface area contributed by atoms with Gasteiger partial charge in [0.15, 0.2) is 0 Å². The molecule has 1 atom stereocenters. The number of nitrogens with one attached hydrogen (secondary N) is 3. The van der Waals surface area contributed by atoms with E-state index in [0.29, 0.717) is 55.9 Å². The number of nitrogens with zero attached hydrogens (tertiary/aromatic N) is 3. The van der Waals surface area contributed by atoms with Gasteiger partial charge in [0.1, 0.15) is 15.5 Å². The van der Waals surface area contributed by atoms with Crippen molar-refractivity contribution in [2.75, 3.05) is 10.2 Å². The minimum atomic E-state index is -0.389. The molecular weight excluding hydrogens is 488 g/mol. The molecule has 0 saturated heterocycles. The lowest BCUT2D eigenvalue weighted by molar-refractivity contribution is 0.0948. The number of aryl methyl sites for hydroxylation is 1. The number of anilines is 3. The molecule has 3 N–H and O–H groups in total. The second-order valence-corrected chi connectivity index (χ2v) is 10.1. The standard InChI is InChI=1S/C27H24N6O3S/c1-15-13-21(36-16-7-3-2-4-8-16)30-14-20(15)33-19-11-12-29-26-22(19)23(32-27(33)35)24(37-26)25(34)31-18-10-6-5-9-17(18)28/h2-4,7-8,11-14,18,28H,5-6,9-10H2,1H3,(H,31,34)(H,32,35)/t18-/m1/s1. The van der Waals surface area contributed by atoms with E-state index in [1.54, 1.807) is 29.4 Å². The van der Waals surface area contributed by atoms with E-state index < -0.39 is 0 Å². The van der Waals surface area contributed by atoms with E-state index in [-0.39, 0.29) is 18.0 Å². The molecule has 0 radical (unpaired) electrons. The van der Waals surface area contributed by atoms with Gasteiger partial charge in [-0.25, -0.2) is 14.8 Å². The summed E-state index contributed by atoms with van der Waals surface area (Å²) < 4.78 is 5.84. The Labute approximate surface area is 217 Å². The summed E-state index contributed by atoms with van der Waals surface area (Å²) >= 11 is 1.24. The Morgan fingerprint density at radius 3 is 2.81 bits per heavy atom. The average Bonchev–Trinajstić information content (AvgIpc) is 3.26. The van der Waals surface area contributed by atoms with Gasteiger partial charge in [-0.2, -0.15) is 0 Å². The molecule has 3 aromatic heterocycles. The Bertz CT molecular complexity index is 1550. The highest BCUT2D eigenvalue weighted by Gasteiger charge is 2.34. The zero-order valence-electron chi connectivity index (χ0n) is 20.1. The number of thiophene rings is 1. The first kappa shape index (κ1) is 23.1. The average molecular weight is 513 g/mol. The van der Waals surface area contributed by atoms with Gasteiger partial charge in [0, 0.05) is 18.0 Å². The SMILES string of the molecule is Cc1cc(Oc2ccccc2)ncc1N1C(=O)Nc2c(C(=O)N[C@@H]3CCCCC3=N)sc3nccc1c23. The van der Waals surface area contributed by atoms with Gasteiger partial charge in [-0.1, -0.05) is 24.6 Å². The maximum atomic E-state index is 13.4. The first-order chi connectivity index (χ1) is 18.0. The molecule has 4 aromatic rings. The first-order valence-electron chi connectivity index (χ1n) is 12.1. The second kappa shape index (κ2) is 9.29. The Morgan fingerprint density at radius 2 is 2.03 bits per heavy atom. The van der Waals surface area contributed by atoms with Crippen molar-refractivity contribution in [1.29, 1.82) is 5.41 Å². The van der Waals surface area contributed by atoms with Crippen LogP contribution in [0.3, 0.4) is 0 Å². The van der Waals surface area contributed by atoms with E-state index in [0.717, 1.165) is 24.8 Å². The molecule has 0 unspecified atom stereocenters. The van der Waals surface area contributed by atoms with E-state index in [1.165, 1.54) is 11.3 Å². The van der Waals surface area contributed by atoms with Gasteiger partial charge in [0.05, 0.1) is 34.7 Å². The monoisotopic (exact) mass is 512 g/mol. The molecule has 1 saturated carbocycles. The summed E-state index contributed by atoms with van der Waals surface area (Å²) in [7, 11) is 0. The van der Waals surface area contributed by atoms with E-state index >= 15 is 0 Å². The van der Waals surface area contributed by atoms with E-state index in [2.05, 4.69) is 20.6 Å². The van der Waals surface area contributed by atoms with Gasteiger partial charge in [-0.05, 0) is 49.9 Å². The lowest BCUT2D eigenvalue weighted by atomic mass is 9.93. The van der Waals surface area contributed by atoms with Gasteiger partial charge in [0.25, 0.3) is 5.91 Å². The molecular formula is C27H24N6O3S. The van der Waals surface area contributed by atoms with Crippen LogP contribution in [-0.4, -0.2) is 33.7 Å². The Morgan fingerprint density at radius 1 is 1.19 bits per heavy atom. The summed E-state index contributed by atoms with van der Waals surface area (Å²) in [5.41, 5.74) is 3.04. The van der Waals surface area contributed by atoms with Crippen LogP contribution in [0.25, 0.3) is 10.2 Å². The Hall–Kier alpha value is -4.31. The predicted molar refractivity (Wildman–Crippen MR) is 144 cm³/mol. The third-order valence-electron chi connectivity index (χ3n) is 6.63. The van der Waals surface area contributed by atoms with Crippen molar-refractivity contribution < 1.29 is 14.3 Å². The lowest BCUT2D eigenvalue weighted by Crippen LogP contribution is -2.42. The molecule has 0 bridgehead atoms. The summed E-state index contributed by atoms with van der Waals surface area (Å²) in [5, 5.41) is 14.8. The predicted octanol–water partition coefficient (Wildman–Crippen LogP) is 6.17. The second-order valence-electron chi connectivity index (χ2n) is 9.10. The zero-order chi connectivity index (χ0) is 25.5. The Balaban J connectivity index is 1.34. The molecule has 10 heteroatoms. The third-order valence-corrected chi connectivity index (χ3v) is 7.73. The van der Waals surface area contributed by atoms with Crippen molar-refractivity contribution in [3.63, 3.8) is 0 Å². The molecule has 2 aliphatic rings. The van der Waals surface area contributed by atoms with Crippen LogP contribution in [0.2, 0.25) is 0 Å². The number of hydrogen-bond acceptors (Lipinski definition) is 7. The Kier molecular flexibility index (Phi) is 5.80. The van der Waals surface area contributed by atoms with Crippen molar-refractivity contribution in [2.45, 2.75) is 38.6 Å². The first-order valence-corrected chi connectivity index (χ1v) is 12.9. The van der Waals surface area contributed by atoms with E-state index in [9.17, 15) is 9.59 Å². The maximum absolute atomic E-state index is 13.4. The molecule has 6 rings (SSSR count). The van der Waals surface area contributed by atoms with Crippen molar-refractivity contribution in [2.24, 2.45) is 0 Å². The number of rotatable bonds is 5. The number of carbonyl (C=O) groups is 2. The van der Waals surface area contributed by atoms with Crippen molar-refractivity contribution in [3.8, 4) is 11.6 Å². The highest BCUT2D eigenvalue weighted by molar-refractivity contribution is 7.21. The van der Waals surface area contributed by atoms with Crippen LogP contribution in [0.4, 0.5) is 21.9 Å². The summed E-state index contributed by atoms with van der Waals surface area (Å²) in [5.74, 6) is 0.800. The molecule has 1 aromatic carbocycles. The number of amides is 3. The van der Waals surface area contributed by atoms with Crippen molar-refractivity contribution >= 4 is 56.3 Å². The highest BCUT2D eigenvalue weighted by Crippen LogP contribution is 2.46. The summed E-state index contributed by atoms with van der Waals surface area (Å²) in [6.45, 7) is 1.89. The van der Waals surface area contributed by atoms with Crippen LogP contribution in [0.1, 0.15) is 40.9 Å². The summed E-state index contributed by atoms with van der Waals surface area (Å²) in [4.78, 5) is 38.1. The topological polar surface area (TPSA) is 120 Å². The van der Waals surface area contributed by atoms with Gasteiger partial charge in [-0.3, -0.25) is 9.69 Å². The molecule has 9 nitrogen and oxygen atoms in total. The molecule has 4 heterocycles. The number of para-hydroxylation sites is 1. The number of pyridine rings is 2. The molecule has 3 amide bonds. The number of benzene rings is 1. The maximum Gasteiger partial charge on any atom is 0.331 e. The minimum absolute atomic E-state index is 0.271. The van der Waals surface area contributed by atoms with Crippen LogP contribution in [0, 0.1) is 12.3 Å². The van der Waals surface area contributed by atoms with Crippen LogP contribution in [0.15, 0.2) is 54.9 Å². The fourth-order valence-electron chi connectivity index (χ4n) is 4.80. The van der Waals surface area contributed by atoms with Crippen LogP contribution in [-0.2, 0) is 0 Å². The molecule has 37 heavy (non-hydrogen) atoms. The molecule has 1 aliphatic carbocycles. The summed E-state index contributed by atoms with van der Waals surface area (Å²) in [6, 6.07) is 12.3. The normalized spacial score (nSPS) is 17.0. The number of carbonyl (C=O) groups excluding carboxylic acids is 2. The van der Waals surface area contributed by atoms with Crippen LogP contribution >= 0.6 is 11.3 Å². The largest absolute Gasteiger partial charge is 0.439 e.